The fourth-order valence-corrected chi connectivity index (χ4v) is 2.95. The fourth-order valence-electron chi connectivity index (χ4n) is 1.83. The second-order valence-electron chi connectivity index (χ2n) is 4.79. The van der Waals surface area contributed by atoms with Gasteiger partial charge >= 0.3 is 5.97 Å². The van der Waals surface area contributed by atoms with Crippen LogP contribution in [0, 0.1) is 0 Å². The van der Waals surface area contributed by atoms with Crippen LogP contribution in [0.3, 0.4) is 0 Å². The van der Waals surface area contributed by atoms with Crippen LogP contribution in [0.5, 0.6) is 0 Å². The van der Waals surface area contributed by atoms with Crippen molar-refractivity contribution in [3.05, 3.63) is 62.3 Å². The summed E-state index contributed by atoms with van der Waals surface area (Å²) in [6, 6.07) is 8.97. The van der Waals surface area contributed by atoms with Gasteiger partial charge in [-0.3, -0.25) is 4.79 Å². The first kappa shape index (κ1) is 18.5. The third-order valence-corrected chi connectivity index (χ3v) is 4.43. The lowest BCUT2D eigenvalue weighted by Crippen LogP contribution is -2.30. The summed E-state index contributed by atoms with van der Waals surface area (Å²) in [5, 5.41) is 5.70. The van der Waals surface area contributed by atoms with E-state index in [9.17, 15) is 9.59 Å². The topological polar surface area (TPSA) is 55.4 Å². The van der Waals surface area contributed by atoms with E-state index in [1.54, 1.807) is 18.2 Å². The van der Waals surface area contributed by atoms with E-state index in [0.29, 0.717) is 23.0 Å². The van der Waals surface area contributed by atoms with E-state index < -0.39 is 5.97 Å². The third kappa shape index (κ3) is 6.35. The van der Waals surface area contributed by atoms with Crippen molar-refractivity contribution in [3.63, 3.8) is 0 Å². The number of carbonyl (C=O) groups excluding carboxylic acids is 2. The van der Waals surface area contributed by atoms with Crippen molar-refractivity contribution in [1.82, 2.24) is 5.32 Å². The van der Waals surface area contributed by atoms with Gasteiger partial charge < -0.3 is 10.1 Å². The first-order valence-electron chi connectivity index (χ1n) is 7.13. The second kappa shape index (κ2) is 9.47. The number of thiophene rings is 1. The van der Waals surface area contributed by atoms with Crippen LogP contribution in [-0.4, -0.2) is 25.0 Å². The minimum absolute atomic E-state index is 0.317. The van der Waals surface area contributed by atoms with Crippen molar-refractivity contribution < 1.29 is 14.3 Å². The highest BCUT2D eigenvalue weighted by Crippen LogP contribution is 2.21. The Hall–Kier alpha value is -1.82. The van der Waals surface area contributed by atoms with Gasteiger partial charge in [0.1, 0.15) is 0 Å². The quantitative estimate of drug-likeness (QED) is 0.581. The summed E-state index contributed by atoms with van der Waals surface area (Å²) in [6.07, 6.45) is 3.51. The van der Waals surface area contributed by atoms with E-state index in [1.165, 1.54) is 17.4 Å². The van der Waals surface area contributed by atoms with Gasteiger partial charge in [-0.05, 0) is 41.6 Å². The zero-order chi connectivity index (χ0) is 17.4. The molecule has 2 aromatic rings. The molecule has 1 amide bonds. The summed E-state index contributed by atoms with van der Waals surface area (Å²) in [6.45, 7) is 0.0741. The maximum absolute atomic E-state index is 11.6. The minimum Gasteiger partial charge on any atom is -0.452 e. The van der Waals surface area contributed by atoms with Crippen LogP contribution in [0.2, 0.25) is 10.0 Å². The number of esters is 1. The molecule has 0 aliphatic carbocycles. The molecule has 0 saturated carbocycles. The highest BCUT2D eigenvalue weighted by Gasteiger charge is 2.06. The molecule has 7 heteroatoms. The van der Waals surface area contributed by atoms with Crippen molar-refractivity contribution in [2.24, 2.45) is 0 Å². The van der Waals surface area contributed by atoms with Gasteiger partial charge in [-0.1, -0.05) is 35.3 Å². The van der Waals surface area contributed by atoms with Crippen molar-refractivity contribution in [3.8, 4) is 0 Å². The van der Waals surface area contributed by atoms with Gasteiger partial charge in [-0.25, -0.2) is 4.79 Å². The first-order valence-corrected chi connectivity index (χ1v) is 8.77. The Kier molecular flexibility index (Phi) is 7.31. The molecule has 1 aromatic heterocycles. The van der Waals surface area contributed by atoms with Crippen molar-refractivity contribution in [2.45, 2.75) is 6.42 Å². The molecule has 0 fully saturated rings. The molecule has 0 atom stereocenters. The van der Waals surface area contributed by atoms with Gasteiger partial charge in [-0.15, -0.1) is 11.3 Å². The molecule has 24 heavy (non-hydrogen) atoms. The average molecular weight is 384 g/mol. The van der Waals surface area contributed by atoms with E-state index in [4.69, 9.17) is 27.9 Å². The number of halogens is 2. The Balaban J connectivity index is 1.67. The lowest BCUT2D eigenvalue weighted by Gasteiger charge is -2.07. The smallest absolute Gasteiger partial charge is 0.331 e. The van der Waals surface area contributed by atoms with Crippen LogP contribution in [0.4, 0.5) is 0 Å². The molecule has 0 unspecified atom stereocenters. The Bertz CT molecular complexity index is 729. The number of rotatable bonds is 7. The van der Waals surface area contributed by atoms with Crippen molar-refractivity contribution in [2.75, 3.05) is 13.2 Å². The summed E-state index contributed by atoms with van der Waals surface area (Å²) >= 11 is 13.4. The molecule has 0 aliphatic rings. The van der Waals surface area contributed by atoms with Gasteiger partial charge in [0.25, 0.3) is 5.91 Å². The summed E-state index contributed by atoms with van der Waals surface area (Å²) in [7, 11) is 0. The average Bonchev–Trinajstić information content (AvgIpc) is 3.06. The van der Waals surface area contributed by atoms with Crippen LogP contribution in [-0.2, 0) is 20.7 Å². The molecule has 0 bridgehead atoms. The normalized spacial score (nSPS) is 10.8. The Labute approximate surface area is 154 Å². The summed E-state index contributed by atoms with van der Waals surface area (Å²) in [5.41, 5.74) is 0.886. The summed E-state index contributed by atoms with van der Waals surface area (Å²) < 4.78 is 4.87. The van der Waals surface area contributed by atoms with E-state index >= 15 is 0 Å². The molecule has 126 valence electrons. The van der Waals surface area contributed by atoms with Gasteiger partial charge in [0.05, 0.1) is 0 Å². The van der Waals surface area contributed by atoms with Gasteiger partial charge in [0.2, 0.25) is 0 Å². The molecule has 0 radical (unpaired) electrons. The SMILES string of the molecule is O=C(COC(=O)/C=C/c1cccs1)NCCc1ccc(Cl)cc1Cl. The molecule has 1 heterocycles. The zero-order valence-electron chi connectivity index (χ0n) is 12.6. The van der Waals surface area contributed by atoms with Gasteiger partial charge in [0, 0.05) is 27.5 Å². The maximum Gasteiger partial charge on any atom is 0.331 e. The number of amides is 1. The zero-order valence-corrected chi connectivity index (χ0v) is 15.0. The number of hydrogen-bond donors (Lipinski definition) is 1. The van der Waals surface area contributed by atoms with Crippen molar-refractivity contribution in [1.29, 1.82) is 0 Å². The van der Waals surface area contributed by atoms with E-state index in [-0.39, 0.29) is 12.5 Å². The standard InChI is InChI=1S/C17H15Cl2NO3S/c18-13-4-3-12(15(19)10-13)7-8-20-16(21)11-23-17(22)6-5-14-2-1-9-24-14/h1-6,9-10H,7-8,11H2,(H,20,21)/b6-5+. The molecule has 1 aromatic carbocycles. The second-order valence-corrected chi connectivity index (χ2v) is 6.62. The molecule has 0 saturated heterocycles. The number of nitrogens with one attached hydrogen (secondary N) is 1. The van der Waals surface area contributed by atoms with E-state index in [1.807, 2.05) is 23.6 Å². The summed E-state index contributed by atoms with van der Waals surface area (Å²) in [4.78, 5) is 24.1. The highest BCUT2D eigenvalue weighted by molar-refractivity contribution is 7.10. The predicted molar refractivity (Wildman–Crippen MR) is 97.5 cm³/mol. The number of hydrogen-bond acceptors (Lipinski definition) is 4. The van der Waals surface area contributed by atoms with Crippen LogP contribution >= 0.6 is 34.5 Å². The van der Waals surface area contributed by atoms with Crippen LogP contribution in [0.25, 0.3) is 6.08 Å². The van der Waals surface area contributed by atoms with Gasteiger partial charge in [0.15, 0.2) is 6.61 Å². The van der Waals surface area contributed by atoms with E-state index in [0.717, 1.165) is 10.4 Å². The fraction of sp³-hybridized carbons (Fsp3) is 0.176. The van der Waals surface area contributed by atoms with Crippen LogP contribution in [0.15, 0.2) is 41.8 Å². The van der Waals surface area contributed by atoms with Crippen LogP contribution < -0.4 is 5.32 Å². The number of ether oxygens (including phenoxy) is 1. The Morgan fingerprint density at radius 1 is 1.25 bits per heavy atom. The highest BCUT2D eigenvalue weighted by atomic mass is 35.5. The number of benzene rings is 1. The lowest BCUT2D eigenvalue weighted by molar-refractivity contribution is -0.143. The minimum atomic E-state index is -0.556. The Morgan fingerprint density at radius 3 is 2.79 bits per heavy atom. The molecule has 0 spiro atoms. The lowest BCUT2D eigenvalue weighted by atomic mass is 10.1. The molecular formula is C17H15Cl2NO3S. The van der Waals surface area contributed by atoms with Crippen LogP contribution in [0.1, 0.15) is 10.4 Å². The monoisotopic (exact) mass is 383 g/mol. The summed E-state index contributed by atoms with van der Waals surface area (Å²) in [5.74, 6) is -0.919. The molecule has 4 nitrogen and oxygen atoms in total. The first-order chi connectivity index (χ1) is 11.5. The predicted octanol–water partition coefficient (Wildman–Crippen LogP) is 3.97. The maximum atomic E-state index is 11.6. The Morgan fingerprint density at radius 2 is 2.08 bits per heavy atom. The molecular weight excluding hydrogens is 369 g/mol. The van der Waals surface area contributed by atoms with E-state index in [2.05, 4.69) is 5.32 Å². The molecule has 0 aliphatic heterocycles. The van der Waals surface area contributed by atoms with Gasteiger partial charge in [-0.2, -0.15) is 0 Å². The molecule has 1 N–H and O–H groups in total. The third-order valence-electron chi connectivity index (χ3n) is 3.00. The van der Waals surface area contributed by atoms with Crippen molar-refractivity contribution >= 4 is 52.5 Å². The molecule has 2 rings (SSSR count). The number of carbonyl (C=O) groups is 2. The largest absolute Gasteiger partial charge is 0.452 e.